The molecule has 0 aromatic heterocycles. The molecule has 3 unspecified atom stereocenters. The van der Waals surface area contributed by atoms with Gasteiger partial charge >= 0.3 is 5.97 Å². The first-order valence-corrected chi connectivity index (χ1v) is 6.54. The van der Waals surface area contributed by atoms with Crippen molar-refractivity contribution in [2.45, 2.75) is 26.3 Å². The van der Waals surface area contributed by atoms with Crippen molar-refractivity contribution < 1.29 is 14.6 Å². The zero-order chi connectivity index (χ0) is 14.2. The van der Waals surface area contributed by atoms with Crippen LogP contribution in [-0.2, 0) is 4.79 Å². The minimum Gasteiger partial charge on any atom is -0.496 e. The van der Waals surface area contributed by atoms with Gasteiger partial charge in [-0.25, -0.2) is 0 Å². The SMILES string of the molecule is CNC(c1cc(C)c(OC)c(C)c1)C1CC1C(=O)O. The maximum absolute atomic E-state index is 11.0. The first-order valence-electron chi connectivity index (χ1n) is 6.54. The quantitative estimate of drug-likeness (QED) is 0.855. The minimum absolute atomic E-state index is 0.101. The van der Waals surface area contributed by atoms with E-state index in [1.54, 1.807) is 7.11 Å². The van der Waals surface area contributed by atoms with E-state index < -0.39 is 5.97 Å². The van der Waals surface area contributed by atoms with Gasteiger partial charge in [-0.2, -0.15) is 0 Å². The number of hydrogen-bond donors (Lipinski definition) is 2. The second-order valence-electron chi connectivity index (χ2n) is 5.30. The van der Waals surface area contributed by atoms with Gasteiger partial charge in [-0.1, -0.05) is 12.1 Å². The van der Waals surface area contributed by atoms with Gasteiger partial charge < -0.3 is 15.2 Å². The molecule has 1 aromatic rings. The predicted octanol–water partition coefficient (Wildman–Crippen LogP) is 2.29. The van der Waals surface area contributed by atoms with E-state index >= 15 is 0 Å². The molecule has 0 radical (unpaired) electrons. The normalized spacial score (nSPS) is 22.9. The Hall–Kier alpha value is -1.55. The summed E-state index contributed by atoms with van der Waals surface area (Å²) in [6, 6.07) is 4.28. The summed E-state index contributed by atoms with van der Waals surface area (Å²) in [5, 5.41) is 12.3. The Bertz CT molecular complexity index is 475. The van der Waals surface area contributed by atoms with Crippen LogP contribution in [0.1, 0.15) is 29.2 Å². The monoisotopic (exact) mass is 263 g/mol. The van der Waals surface area contributed by atoms with Crippen molar-refractivity contribution >= 4 is 5.97 Å². The lowest BCUT2D eigenvalue weighted by atomic mass is 9.96. The number of hydrogen-bond acceptors (Lipinski definition) is 3. The summed E-state index contributed by atoms with van der Waals surface area (Å²) >= 11 is 0. The van der Waals surface area contributed by atoms with Crippen LogP contribution in [0.3, 0.4) is 0 Å². The van der Waals surface area contributed by atoms with Crippen molar-refractivity contribution in [3.05, 3.63) is 28.8 Å². The van der Waals surface area contributed by atoms with Gasteiger partial charge in [0.1, 0.15) is 5.75 Å². The number of aryl methyl sites for hydroxylation is 2. The van der Waals surface area contributed by atoms with Crippen LogP contribution in [0.5, 0.6) is 5.75 Å². The summed E-state index contributed by atoms with van der Waals surface area (Å²) in [5.74, 6) is 0.200. The molecule has 0 bridgehead atoms. The highest BCUT2D eigenvalue weighted by molar-refractivity contribution is 5.73. The lowest BCUT2D eigenvalue weighted by molar-refractivity contribution is -0.138. The largest absolute Gasteiger partial charge is 0.496 e. The van der Waals surface area contributed by atoms with E-state index in [0.29, 0.717) is 0 Å². The molecule has 1 fully saturated rings. The van der Waals surface area contributed by atoms with Gasteiger partial charge in [0.15, 0.2) is 0 Å². The van der Waals surface area contributed by atoms with E-state index in [4.69, 9.17) is 9.84 Å². The Morgan fingerprint density at radius 2 is 2.00 bits per heavy atom. The van der Waals surface area contributed by atoms with Crippen LogP contribution in [0.4, 0.5) is 0 Å². The maximum Gasteiger partial charge on any atom is 0.306 e. The molecule has 4 heteroatoms. The molecule has 0 saturated heterocycles. The third-order valence-corrected chi connectivity index (χ3v) is 3.94. The van der Waals surface area contributed by atoms with Crippen molar-refractivity contribution in [1.29, 1.82) is 0 Å². The Morgan fingerprint density at radius 3 is 2.37 bits per heavy atom. The van der Waals surface area contributed by atoms with Crippen LogP contribution < -0.4 is 10.1 Å². The Labute approximate surface area is 113 Å². The number of rotatable bonds is 5. The lowest BCUT2D eigenvalue weighted by Gasteiger charge is -2.19. The van der Waals surface area contributed by atoms with Crippen molar-refractivity contribution in [3.8, 4) is 5.75 Å². The van der Waals surface area contributed by atoms with E-state index in [1.807, 2.05) is 20.9 Å². The number of carbonyl (C=O) groups is 1. The number of ether oxygens (including phenoxy) is 1. The van der Waals surface area contributed by atoms with Crippen molar-refractivity contribution in [3.63, 3.8) is 0 Å². The molecule has 4 nitrogen and oxygen atoms in total. The second-order valence-corrected chi connectivity index (χ2v) is 5.30. The molecule has 19 heavy (non-hydrogen) atoms. The predicted molar refractivity (Wildman–Crippen MR) is 73.5 cm³/mol. The highest BCUT2D eigenvalue weighted by Gasteiger charge is 2.48. The van der Waals surface area contributed by atoms with Crippen LogP contribution >= 0.6 is 0 Å². The van der Waals surface area contributed by atoms with Gasteiger partial charge in [-0.15, -0.1) is 0 Å². The molecule has 2 rings (SSSR count). The van der Waals surface area contributed by atoms with E-state index in [0.717, 1.165) is 28.9 Å². The van der Waals surface area contributed by atoms with Gasteiger partial charge in [-0.3, -0.25) is 4.79 Å². The second kappa shape index (κ2) is 5.21. The van der Waals surface area contributed by atoms with Gasteiger partial charge in [0.25, 0.3) is 0 Å². The van der Waals surface area contributed by atoms with E-state index in [1.165, 1.54) is 0 Å². The molecule has 0 amide bonds. The molecular weight excluding hydrogens is 242 g/mol. The molecule has 2 N–H and O–H groups in total. The van der Waals surface area contributed by atoms with Crippen molar-refractivity contribution in [1.82, 2.24) is 5.32 Å². The summed E-state index contributed by atoms with van der Waals surface area (Å²) in [5.41, 5.74) is 3.32. The van der Waals surface area contributed by atoms with E-state index in [-0.39, 0.29) is 17.9 Å². The van der Waals surface area contributed by atoms with Crippen LogP contribution in [0.2, 0.25) is 0 Å². The molecule has 3 atom stereocenters. The fourth-order valence-corrected chi connectivity index (χ4v) is 2.98. The summed E-state index contributed by atoms with van der Waals surface area (Å²) < 4.78 is 5.37. The number of benzene rings is 1. The van der Waals surface area contributed by atoms with Crippen molar-refractivity contribution in [2.75, 3.05) is 14.2 Å². The Balaban J connectivity index is 2.28. The third-order valence-electron chi connectivity index (χ3n) is 3.94. The van der Waals surface area contributed by atoms with Crippen molar-refractivity contribution in [2.24, 2.45) is 11.8 Å². The number of carboxylic acids is 1. The first kappa shape index (κ1) is 13.9. The van der Waals surface area contributed by atoms with Gasteiger partial charge in [0.2, 0.25) is 0 Å². The lowest BCUT2D eigenvalue weighted by Crippen LogP contribution is -2.21. The average molecular weight is 263 g/mol. The average Bonchev–Trinajstić information content (AvgIpc) is 3.10. The minimum atomic E-state index is -0.688. The summed E-state index contributed by atoms with van der Waals surface area (Å²) in [7, 11) is 3.56. The zero-order valence-corrected chi connectivity index (χ0v) is 11.9. The van der Waals surface area contributed by atoms with Crippen LogP contribution in [0.15, 0.2) is 12.1 Å². The topological polar surface area (TPSA) is 58.6 Å². The number of aliphatic carboxylic acids is 1. The highest BCUT2D eigenvalue weighted by atomic mass is 16.5. The van der Waals surface area contributed by atoms with Crippen LogP contribution in [-0.4, -0.2) is 25.2 Å². The van der Waals surface area contributed by atoms with Gasteiger partial charge in [-0.05, 0) is 49.9 Å². The Kier molecular flexibility index (Phi) is 3.80. The van der Waals surface area contributed by atoms with Crippen LogP contribution in [0.25, 0.3) is 0 Å². The standard InChI is InChI=1S/C15H21NO3/c1-8-5-10(6-9(2)14(8)19-4)13(16-3)11-7-12(11)15(17)18/h5-6,11-13,16H,7H2,1-4H3,(H,17,18). The maximum atomic E-state index is 11.0. The molecule has 0 spiro atoms. The molecule has 1 saturated carbocycles. The molecule has 1 aliphatic carbocycles. The molecule has 0 aliphatic heterocycles. The smallest absolute Gasteiger partial charge is 0.306 e. The first-order chi connectivity index (χ1) is 8.99. The zero-order valence-electron chi connectivity index (χ0n) is 11.9. The number of carboxylic acid groups (broad SMARTS) is 1. The third kappa shape index (κ3) is 2.59. The van der Waals surface area contributed by atoms with E-state index in [2.05, 4.69) is 17.4 Å². The highest BCUT2D eigenvalue weighted by Crippen LogP contribution is 2.48. The number of methoxy groups -OCH3 is 1. The summed E-state index contributed by atoms with van der Waals surface area (Å²) in [6.07, 6.45) is 0.755. The fraction of sp³-hybridized carbons (Fsp3) is 0.533. The van der Waals surface area contributed by atoms with Gasteiger partial charge in [0.05, 0.1) is 13.0 Å². The molecular formula is C15H21NO3. The molecule has 104 valence electrons. The number of nitrogens with one attached hydrogen (secondary N) is 1. The molecule has 1 aromatic carbocycles. The summed E-state index contributed by atoms with van der Waals surface area (Å²) in [6.45, 7) is 4.03. The van der Waals surface area contributed by atoms with Crippen LogP contribution in [0, 0.1) is 25.7 Å². The fourth-order valence-electron chi connectivity index (χ4n) is 2.98. The van der Waals surface area contributed by atoms with E-state index in [9.17, 15) is 4.79 Å². The summed E-state index contributed by atoms with van der Waals surface area (Å²) in [4.78, 5) is 11.0. The Morgan fingerprint density at radius 1 is 1.42 bits per heavy atom. The van der Waals surface area contributed by atoms with Gasteiger partial charge in [0, 0.05) is 6.04 Å². The molecule has 0 heterocycles. The molecule has 1 aliphatic rings.